The van der Waals surface area contributed by atoms with Gasteiger partial charge in [-0.15, -0.1) is 0 Å². The zero-order valence-electron chi connectivity index (χ0n) is 8.46. The molecule has 1 saturated heterocycles. The molecule has 8 heteroatoms. The molecule has 5 nitrogen and oxygen atoms in total. The second-order valence-electron chi connectivity index (χ2n) is 3.52. The Morgan fingerprint density at radius 1 is 1.50 bits per heavy atom. The van der Waals surface area contributed by atoms with Crippen LogP contribution in [-0.4, -0.2) is 36.6 Å². The van der Waals surface area contributed by atoms with Crippen molar-refractivity contribution in [2.75, 3.05) is 6.61 Å². The highest BCUT2D eigenvalue weighted by atomic mass is 19.4. The molecule has 0 aromatic heterocycles. The standard InChI is InChI=1S/C8H9F3O5/c1-7(2)15-4(5(12)16-7)3-14-6(13)8(9,10)11/h4H,3H2,1-2H3/t4-/m0/s1. The number of rotatable bonds is 2. The largest absolute Gasteiger partial charge is 0.490 e. The number of halogens is 3. The summed E-state index contributed by atoms with van der Waals surface area (Å²) in [6, 6.07) is 0. The maximum atomic E-state index is 11.7. The number of hydrogen-bond donors (Lipinski definition) is 0. The van der Waals surface area contributed by atoms with Crippen molar-refractivity contribution in [2.24, 2.45) is 0 Å². The number of ether oxygens (including phenoxy) is 3. The van der Waals surface area contributed by atoms with E-state index in [0.717, 1.165) is 0 Å². The third-order valence-electron chi connectivity index (χ3n) is 1.63. The third-order valence-corrected chi connectivity index (χ3v) is 1.63. The summed E-state index contributed by atoms with van der Waals surface area (Å²) in [6.45, 7) is 2.01. The van der Waals surface area contributed by atoms with Crippen molar-refractivity contribution >= 4 is 11.9 Å². The van der Waals surface area contributed by atoms with E-state index in [1.807, 2.05) is 0 Å². The van der Waals surface area contributed by atoms with E-state index in [-0.39, 0.29) is 0 Å². The van der Waals surface area contributed by atoms with E-state index in [9.17, 15) is 22.8 Å². The van der Waals surface area contributed by atoms with Gasteiger partial charge in [-0.1, -0.05) is 0 Å². The Balaban J connectivity index is 2.46. The fourth-order valence-electron chi connectivity index (χ4n) is 1.06. The lowest BCUT2D eigenvalue weighted by Gasteiger charge is -2.15. The molecule has 0 unspecified atom stereocenters. The third kappa shape index (κ3) is 3.09. The topological polar surface area (TPSA) is 61.8 Å². The number of carbonyl (C=O) groups excluding carboxylic acids is 2. The summed E-state index contributed by atoms with van der Waals surface area (Å²) in [4.78, 5) is 21.4. The highest BCUT2D eigenvalue weighted by Crippen LogP contribution is 2.24. The second-order valence-corrected chi connectivity index (χ2v) is 3.52. The van der Waals surface area contributed by atoms with Crippen molar-refractivity contribution in [3.05, 3.63) is 0 Å². The average molecular weight is 242 g/mol. The van der Waals surface area contributed by atoms with Crippen LogP contribution in [-0.2, 0) is 23.8 Å². The van der Waals surface area contributed by atoms with Crippen molar-refractivity contribution in [1.82, 2.24) is 0 Å². The molecule has 0 amide bonds. The van der Waals surface area contributed by atoms with Crippen molar-refractivity contribution in [3.8, 4) is 0 Å². The summed E-state index contributed by atoms with van der Waals surface area (Å²) in [5.41, 5.74) is 0. The normalized spacial score (nSPS) is 24.1. The molecule has 0 spiro atoms. The maximum Gasteiger partial charge on any atom is 0.490 e. The molecule has 0 aromatic rings. The van der Waals surface area contributed by atoms with E-state index < -0.39 is 36.6 Å². The second kappa shape index (κ2) is 3.93. The first-order chi connectivity index (χ1) is 7.12. The Labute approximate surface area is 88.4 Å². The first-order valence-corrected chi connectivity index (χ1v) is 4.26. The molecule has 1 aliphatic heterocycles. The molecule has 0 aliphatic carbocycles. The summed E-state index contributed by atoms with van der Waals surface area (Å²) < 4.78 is 48.6. The first kappa shape index (κ1) is 12.8. The fraction of sp³-hybridized carbons (Fsp3) is 0.750. The van der Waals surface area contributed by atoms with Gasteiger partial charge in [-0.05, 0) is 0 Å². The van der Waals surface area contributed by atoms with Gasteiger partial charge in [0.15, 0.2) is 6.10 Å². The van der Waals surface area contributed by atoms with Gasteiger partial charge < -0.3 is 14.2 Å². The summed E-state index contributed by atoms with van der Waals surface area (Å²) in [5.74, 6) is -4.44. The zero-order valence-corrected chi connectivity index (χ0v) is 8.46. The maximum absolute atomic E-state index is 11.7. The van der Waals surface area contributed by atoms with Gasteiger partial charge in [-0.2, -0.15) is 13.2 Å². The van der Waals surface area contributed by atoms with Gasteiger partial charge in [-0.3, -0.25) is 0 Å². The van der Waals surface area contributed by atoms with Crippen LogP contribution in [0.4, 0.5) is 13.2 Å². The van der Waals surface area contributed by atoms with E-state index in [2.05, 4.69) is 9.47 Å². The molecule has 16 heavy (non-hydrogen) atoms. The predicted molar refractivity (Wildman–Crippen MR) is 42.1 cm³/mol. The Kier molecular flexibility index (Phi) is 3.13. The van der Waals surface area contributed by atoms with Gasteiger partial charge in [0.25, 0.3) is 0 Å². The van der Waals surface area contributed by atoms with Crippen LogP contribution in [0.5, 0.6) is 0 Å². The van der Waals surface area contributed by atoms with Gasteiger partial charge >= 0.3 is 18.1 Å². The van der Waals surface area contributed by atoms with Crippen LogP contribution in [0.3, 0.4) is 0 Å². The van der Waals surface area contributed by atoms with Gasteiger partial charge in [0.05, 0.1) is 0 Å². The molecule has 1 fully saturated rings. The molecule has 0 saturated carbocycles. The summed E-state index contributed by atoms with van der Waals surface area (Å²) >= 11 is 0. The van der Waals surface area contributed by atoms with Crippen LogP contribution in [0.15, 0.2) is 0 Å². The van der Waals surface area contributed by atoms with E-state index in [1.165, 1.54) is 13.8 Å². The number of carbonyl (C=O) groups is 2. The van der Waals surface area contributed by atoms with Crippen LogP contribution in [0.25, 0.3) is 0 Å². The van der Waals surface area contributed by atoms with Crippen molar-refractivity contribution in [1.29, 1.82) is 0 Å². The van der Waals surface area contributed by atoms with E-state index in [4.69, 9.17) is 4.74 Å². The Hall–Kier alpha value is -1.31. The molecule has 0 radical (unpaired) electrons. The molecule has 0 N–H and O–H groups in total. The quantitative estimate of drug-likeness (QED) is 0.669. The van der Waals surface area contributed by atoms with Crippen molar-refractivity contribution in [2.45, 2.75) is 31.9 Å². The smallest absolute Gasteiger partial charge is 0.456 e. The molecular weight excluding hydrogens is 233 g/mol. The SMILES string of the molecule is CC1(C)OC(=O)[C@H](COC(=O)C(F)(F)F)O1. The number of hydrogen-bond acceptors (Lipinski definition) is 5. The van der Waals surface area contributed by atoms with Crippen LogP contribution >= 0.6 is 0 Å². The van der Waals surface area contributed by atoms with Crippen molar-refractivity contribution in [3.63, 3.8) is 0 Å². The van der Waals surface area contributed by atoms with Gasteiger partial charge in [0.1, 0.15) is 6.61 Å². The molecule has 1 aliphatic rings. The minimum absolute atomic E-state index is 0.819. The molecule has 1 atom stereocenters. The Morgan fingerprint density at radius 3 is 2.44 bits per heavy atom. The zero-order chi connectivity index (χ0) is 12.6. The van der Waals surface area contributed by atoms with Crippen LogP contribution in [0, 0.1) is 0 Å². The number of cyclic esters (lactones) is 1. The van der Waals surface area contributed by atoms with Crippen LogP contribution in [0.2, 0.25) is 0 Å². The predicted octanol–water partition coefficient (Wildman–Crippen LogP) is 0.770. The number of alkyl halides is 3. The van der Waals surface area contributed by atoms with E-state index >= 15 is 0 Å². The molecule has 0 aromatic carbocycles. The molecule has 92 valence electrons. The Morgan fingerprint density at radius 2 is 2.06 bits per heavy atom. The van der Waals surface area contributed by atoms with Crippen molar-refractivity contribution < 1.29 is 37.0 Å². The summed E-state index contributed by atoms with van der Waals surface area (Å²) in [5, 5.41) is 0. The highest BCUT2D eigenvalue weighted by molar-refractivity contribution is 5.78. The first-order valence-electron chi connectivity index (χ1n) is 4.26. The van der Waals surface area contributed by atoms with Gasteiger partial charge in [0.2, 0.25) is 5.79 Å². The Bertz CT molecular complexity index is 309. The van der Waals surface area contributed by atoms with Gasteiger partial charge in [-0.25, -0.2) is 9.59 Å². The average Bonchev–Trinajstić information content (AvgIpc) is 2.33. The molecular formula is C8H9F3O5. The fourth-order valence-corrected chi connectivity index (χ4v) is 1.06. The monoisotopic (exact) mass is 242 g/mol. The van der Waals surface area contributed by atoms with Crippen LogP contribution in [0.1, 0.15) is 13.8 Å². The highest BCUT2D eigenvalue weighted by Gasteiger charge is 2.45. The molecule has 1 heterocycles. The summed E-state index contributed by atoms with van der Waals surface area (Å²) in [6.07, 6.45) is -6.40. The van der Waals surface area contributed by atoms with Crippen LogP contribution < -0.4 is 0 Å². The van der Waals surface area contributed by atoms with Gasteiger partial charge in [0, 0.05) is 13.8 Å². The summed E-state index contributed by atoms with van der Waals surface area (Å²) in [7, 11) is 0. The lowest BCUT2D eigenvalue weighted by molar-refractivity contribution is -0.204. The molecule has 1 rings (SSSR count). The lowest BCUT2D eigenvalue weighted by Crippen LogP contribution is -2.31. The van der Waals surface area contributed by atoms with E-state index in [1.54, 1.807) is 0 Å². The minimum Gasteiger partial charge on any atom is -0.456 e. The minimum atomic E-state index is -5.09. The number of esters is 2. The lowest BCUT2D eigenvalue weighted by atomic mass is 10.4. The molecule has 0 bridgehead atoms. The van der Waals surface area contributed by atoms with E-state index in [0.29, 0.717) is 0 Å².